The minimum absolute atomic E-state index is 0.0303. The van der Waals surface area contributed by atoms with E-state index in [4.69, 9.17) is 9.47 Å². The Hall–Kier alpha value is -1.14. The number of hydrogen-bond acceptors (Lipinski definition) is 6. The molecule has 6 heteroatoms. The molecule has 0 amide bonds. The normalized spacial score (nSPS) is 11.9. The standard InChI is InChI=1S/C40H79NO5/c1-6-7-8-9-10-18-26-36-46-39(44)40(4,5)30-22-15-17-24-32-41(33-27-34-42)31-23-16-11-14-21-29-38(43)45-35-25-19-12-13-20-28-37(2)3/h37,42H,6-36H2,1-5H3. The van der Waals surface area contributed by atoms with E-state index in [-0.39, 0.29) is 18.5 Å². The molecule has 0 heterocycles. The van der Waals surface area contributed by atoms with Crippen LogP contribution in [-0.4, -0.2) is 61.4 Å². The zero-order valence-corrected chi connectivity index (χ0v) is 31.5. The van der Waals surface area contributed by atoms with Gasteiger partial charge >= 0.3 is 11.9 Å². The average molecular weight is 654 g/mol. The SMILES string of the molecule is CCCCCCCCCOC(=O)C(C)(C)CCCCCCN(CCCO)CCCCCCCC(=O)OCCCCCCCC(C)C. The first-order valence-electron chi connectivity index (χ1n) is 19.9. The van der Waals surface area contributed by atoms with Crippen molar-refractivity contribution >= 4 is 11.9 Å². The van der Waals surface area contributed by atoms with Gasteiger partial charge in [-0.1, -0.05) is 130 Å². The van der Waals surface area contributed by atoms with Gasteiger partial charge in [0.15, 0.2) is 0 Å². The van der Waals surface area contributed by atoms with Crippen molar-refractivity contribution in [3.8, 4) is 0 Å². The van der Waals surface area contributed by atoms with E-state index in [1.807, 2.05) is 13.8 Å². The van der Waals surface area contributed by atoms with Crippen LogP contribution in [0.4, 0.5) is 0 Å². The number of carbonyl (C=O) groups excluding carboxylic acids is 2. The third kappa shape index (κ3) is 30.2. The Morgan fingerprint density at radius 3 is 1.67 bits per heavy atom. The smallest absolute Gasteiger partial charge is 0.311 e. The van der Waals surface area contributed by atoms with Crippen LogP contribution in [0.5, 0.6) is 0 Å². The Morgan fingerprint density at radius 2 is 1.09 bits per heavy atom. The number of esters is 2. The molecule has 0 atom stereocenters. The van der Waals surface area contributed by atoms with Crippen LogP contribution in [0.15, 0.2) is 0 Å². The highest BCUT2D eigenvalue weighted by Crippen LogP contribution is 2.26. The monoisotopic (exact) mass is 654 g/mol. The van der Waals surface area contributed by atoms with Gasteiger partial charge in [0.05, 0.1) is 18.6 Å². The zero-order chi connectivity index (χ0) is 34.1. The van der Waals surface area contributed by atoms with Crippen molar-refractivity contribution in [1.82, 2.24) is 4.90 Å². The first-order chi connectivity index (χ1) is 22.2. The molecular weight excluding hydrogens is 574 g/mol. The van der Waals surface area contributed by atoms with Gasteiger partial charge in [0.2, 0.25) is 0 Å². The molecule has 0 aromatic rings. The minimum Gasteiger partial charge on any atom is -0.466 e. The lowest BCUT2D eigenvalue weighted by Gasteiger charge is -2.23. The fourth-order valence-corrected chi connectivity index (χ4v) is 5.99. The molecule has 0 saturated heterocycles. The Balaban J connectivity index is 3.84. The number of hydrogen-bond donors (Lipinski definition) is 1. The Kier molecular flexibility index (Phi) is 31.6. The highest BCUT2D eigenvalue weighted by Gasteiger charge is 2.28. The molecule has 0 bridgehead atoms. The van der Waals surface area contributed by atoms with Gasteiger partial charge in [-0.3, -0.25) is 9.59 Å². The number of ether oxygens (including phenoxy) is 2. The summed E-state index contributed by atoms with van der Waals surface area (Å²) in [6, 6.07) is 0. The van der Waals surface area contributed by atoms with E-state index in [0.29, 0.717) is 19.6 Å². The van der Waals surface area contributed by atoms with Gasteiger partial charge in [-0.05, 0) is 77.8 Å². The first-order valence-corrected chi connectivity index (χ1v) is 19.9. The summed E-state index contributed by atoms with van der Waals surface area (Å²) in [4.78, 5) is 27.1. The molecule has 0 rings (SSSR count). The van der Waals surface area contributed by atoms with E-state index >= 15 is 0 Å². The molecule has 6 nitrogen and oxygen atoms in total. The second-order valence-electron chi connectivity index (χ2n) is 14.9. The van der Waals surface area contributed by atoms with Crippen molar-refractivity contribution in [1.29, 1.82) is 0 Å². The lowest BCUT2D eigenvalue weighted by atomic mass is 9.87. The number of rotatable bonds is 35. The van der Waals surface area contributed by atoms with Crippen LogP contribution < -0.4 is 0 Å². The predicted molar refractivity (Wildman–Crippen MR) is 195 cm³/mol. The quantitative estimate of drug-likeness (QED) is 0.0542. The highest BCUT2D eigenvalue weighted by atomic mass is 16.5. The molecule has 0 aliphatic heterocycles. The number of carbonyl (C=O) groups is 2. The third-order valence-corrected chi connectivity index (χ3v) is 9.24. The first kappa shape index (κ1) is 44.9. The van der Waals surface area contributed by atoms with Crippen LogP contribution in [0.2, 0.25) is 0 Å². The van der Waals surface area contributed by atoms with Gasteiger partial charge in [-0.2, -0.15) is 0 Å². The van der Waals surface area contributed by atoms with Crippen LogP contribution in [-0.2, 0) is 19.1 Å². The summed E-state index contributed by atoms with van der Waals surface area (Å²) in [6.07, 6.45) is 28.3. The second-order valence-corrected chi connectivity index (χ2v) is 14.9. The molecule has 274 valence electrons. The molecule has 1 N–H and O–H groups in total. The summed E-state index contributed by atoms with van der Waals surface area (Å²) in [5.41, 5.74) is -0.402. The van der Waals surface area contributed by atoms with E-state index in [1.165, 1.54) is 77.0 Å². The maximum absolute atomic E-state index is 12.6. The van der Waals surface area contributed by atoms with Crippen molar-refractivity contribution in [3.63, 3.8) is 0 Å². The van der Waals surface area contributed by atoms with E-state index in [2.05, 4.69) is 25.7 Å². The fourth-order valence-electron chi connectivity index (χ4n) is 5.99. The van der Waals surface area contributed by atoms with Gasteiger partial charge in [0, 0.05) is 19.6 Å². The Labute approximate surface area is 286 Å². The summed E-state index contributed by atoms with van der Waals surface area (Å²) >= 11 is 0. The van der Waals surface area contributed by atoms with Crippen LogP contribution in [0, 0.1) is 11.3 Å². The summed E-state index contributed by atoms with van der Waals surface area (Å²) in [6.45, 7) is 15.4. The van der Waals surface area contributed by atoms with Crippen molar-refractivity contribution < 1.29 is 24.2 Å². The molecular formula is C40H79NO5. The van der Waals surface area contributed by atoms with Crippen molar-refractivity contribution in [2.45, 2.75) is 195 Å². The molecule has 46 heavy (non-hydrogen) atoms. The summed E-state index contributed by atoms with van der Waals surface area (Å²) in [5.74, 6) is 0.729. The maximum Gasteiger partial charge on any atom is 0.311 e. The molecule has 0 spiro atoms. The summed E-state index contributed by atoms with van der Waals surface area (Å²) in [7, 11) is 0. The molecule has 0 radical (unpaired) electrons. The average Bonchev–Trinajstić information content (AvgIpc) is 3.02. The molecule has 0 aromatic heterocycles. The molecule has 0 saturated carbocycles. The zero-order valence-electron chi connectivity index (χ0n) is 31.5. The summed E-state index contributed by atoms with van der Waals surface area (Å²) < 4.78 is 11.0. The van der Waals surface area contributed by atoms with E-state index < -0.39 is 5.41 Å². The number of aliphatic hydroxyl groups excluding tert-OH is 1. The van der Waals surface area contributed by atoms with Crippen molar-refractivity contribution in [2.75, 3.05) is 39.5 Å². The number of unbranched alkanes of at least 4 members (excludes halogenated alkanes) is 17. The Morgan fingerprint density at radius 1 is 0.609 bits per heavy atom. The van der Waals surface area contributed by atoms with Crippen LogP contribution in [0.25, 0.3) is 0 Å². The van der Waals surface area contributed by atoms with E-state index in [9.17, 15) is 14.7 Å². The second kappa shape index (κ2) is 32.4. The number of nitrogens with zero attached hydrogens (tertiary/aromatic N) is 1. The lowest BCUT2D eigenvalue weighted by Crippen LogP contribution is -2.28. The minimum atomic E-state index is -0.402. The molecule has 0 fully saturated rings. The topological polar surface area (TPSA) is 76.1 Å². The predicted octanol–water partition coefficient (Wildman–Crippen LogP) is 10.8. The van der Waals surface area contributed by atoms with Crippen molar-refractivity contribution in [3.05, 3.63) is 0 Å². The fraction of sp³-hybridized carbons (Fsp3) is 0.950. The van der Waals surface area contributed by atoms with Crippen LogP contribution >= 0.6 is 0 Å². The highest BCUT2D eigenvalue weighted by molar-refractivity contribution is 5.75. The molecule has 0 aliphatic rings. The van der Waals surface area contributed by atoms with Gasteiger partial charge in [0.1, 0.15) is 0 Å². The largest absolute Gasteiger partial charge is 0.466 e. The third-order valence-electron chi connectivity index (χ3n) is 9.24. The van der Waals surface area contributed by atoms with E-state index in [0.717, 1.165) is 103 Å². The van der Waals surface area contributed by atoms with Gasteiger partial charge in [-0.25, -0.2) is 0 Å². The Bertz CT molecular complexity index is 681. The van der Waals surface area contributed by atoms with Crippen molar-refractivity contribution in [2.24, 2.45) is 11.3 Å². The maximum atomic E-state index is 12.6. The van der Waals surface area contributed by atoms with Gasteiger partial charge in [0.25, 0.3) is 0 Å². The van der Waals surface area contributed by atoms with Gasteiger partial charge < -0.3 is 19.5 Å². The molecule has 0 unspecified atom stereocenters. The van der Waals surface area contributed by atoms with Crippen LogP contribution in [0.1, 0.15) is 195 Å². The van der Waals surface area contributed by atoms with E-state index in [1.54, 1.807) is 0 Å². The number of aliphatic hydroxyl groups is 1. The summed E-state index contributed by atoms with van der Waals surface area (Å²) in [5, 5.41) is 9.34. The molecule has 0 aliphatic carbocycles. The van der Waals surface area contributed by atoms with Gasteiger partial charge in [-0.15, -0.1) is 0 Å². The van der Waals surface area contributed by atoms with Crippen LogP contribution in [0.3, 0.4) is 0 Å². The lowest BCUT2D eigenvalue weighted by molar-refractivity contribution is -0.154. The molecule has 0 aromatic carbocycles.